The van der Waals surface area contributed by atoms with E-state index in [4.69, 9.17) is 0 Å². The quantitative estimate of drug-likeness (QED) is 0.365. The van der Waals surface area contributed by atoms with Gasteiger partial charge in [-0.1, -0.05) is 0 Å². The van der Waals surface area contributed by atoms with E-state index >= 15 is 0 Å². The minimum absolute atomic E-state index is 0.0181. The molecule has 1 atom stereocenters. The molecule has 0 saturated carbocycles. The number of nitrogens with one attached hydrogen (secondary N) is 1. The Hall–Kier alpha value is -2.50. The lowest BCUT2D eigenvalue weighted by Gasteiger charge is -2.10. The van der Waals surface area contributed by atoms with Crippen LogP contribution in [0.5, 0.6) is 0 Å². The maximum Gasteiger partial charge on any atom is 0.254 e. The zero-order chi connectivity index (χ0) is 19.9. The Morgan fingerprint density at radius 3 is 2.37 bits per heavy atom. The van der Waals surface area contributed by atoms with Crippen LogP contribution in [0.3, 0.4) is 0 Å². The van der Waals surface area contributed by atoms with Gasteiger partial charge in [0, 0.05) is 11.3 Å². The molecule has 0 spiro atoms. The topological polar surface area (TPSA) is 89.2 Å². The fraction of sp³-hybridized carbons (Fsp3) is 0.400. The molecular weight excluding hydrogens is 390 g/mol. The molecule has 0 unspecified atom stereocenters. The summed E-state index contributed by atoms with van der Waals surface area (Å²) in [7, 11) is -3.10. The van der Waals surface area contributed by atoms with E-state index in [1.54, 1.807) is 18.5 Å². The molecule has 1 N–H and O–H groups in total. The van der Waals surface area contributed by atoms with Gasteiger partial charge in [0.05, 0.1) is 29.5 Å². The second kappa shape index (κ2) is 6.91. The highest BCUT2D eigenvalue weighted by molar-refractivity contribution is 7.91. The molecular formula is C15H15F4N5O2S. The van der Waals surface area contributed by atoms with Crippen LogP contribution in [0.1, 0.15) is 29.4 Å². The number of halogens is 4. The van der Waals surface area contributed by atoms with Crippen LogP contribution in [-0.2, 0) is 9.84 Å². The van der Waals surface area contributed by atoms with Crippen LogP contribution in [0.15, 0.2) is 5.10 Å². The van der Waals surface area contributed by atoms with Gasteiger partial charge in [-0.05, 0) is 20.3 Å². The second-order valence-corrected chi connectivity index (χ2v) is 8.38. The molecule has 1 aliphatic rings. The van der Waals surface area contributed by atoms with Gasteiger partial charge in [-0.2, -0.15) is 32.7 Å². The molecule has 2 aromatic heterocycles. The Balaban J connectivity index is 1.85. The average molecular weight is 405 g/mol. The Labute approximate surface area is 152 Å². The first kappa shape index (κ1) is 19.3. The Morgan fingerprint density at radius 2 is 1.81 bits per heavy atom. The van der Waals surface area contributed by atoms with E-state index in [2.05, 4.69) is 15.2 Å². The molecule has 0 amide bonds. The predicted molar refractivity (Wildman–Crippen MR) is 89.3 cm³/mol. The van der Waals surface area contributed by atoms with Crippen LogP contribution in [0.25, 0.3) is 0 Å². The Bertz CT molecular complexity index is 1010. The summed E-state index contributed by atoms with van der Waals surface area (Å²) in [4.78, 5) is 2.45. The standard InChI is InChI=1S/C15H15F4N5O2S/c1-7-10(8(2)24(23-7)9-3-4-27(25,26)6-9)5-20-22-13-11(16)14(18)21-15(19)12(13)17/h5,9H,3-4,6H2,1-2H3,(H,21,22)/b20-5-/t9-/m1/s1. The van der Waals surface area contributed by atoms with Crippen LogP contribution >= 0.6 is 0 Å². The molecule has 146 valence electrons. The molecule has 27 heavy (non-hydrogen) atoms. The molecule has 0 bridgehead atoms. The van der Waals surface area contributed by atoms with E-state index in [0.29, 0.717) is 23.4 Å². The average Bonchev–Trinajstić information content (AvgIpc) is 3.09. The minimum atomic E-state index is -3.10. The van der Waals surface area contributed by atoms with E-state index in [1.807, 2.05) is 5.43 Å². The summed E-state index contributed by atoms with van der Waals surface area (Å²) in [5.41, 5.74) is 2.42. The highest BCUT2D eigenvalue weighted by atomic mass is 32.2. The van der Waals surface area contributed by atoms with Crippen molar-refractivity contribution in [3.05, 3.63) is 40.5 Å². The van der Waals surface area contributed by atoms with Crippen molar-refractivity contribution in [1.82, 2.24) is 14.8 Å². The van der Waals surface area contributed by atoms with E-state index in [-0.39, 0.29) is 17.5 Å². The molecule has 0 aliphatic carbocycles. The monoisotopic (exact) mass is 405 g/mol. The van der Waals surface area contributed by atoms with Gasteiger partial charge in [-0.15, -0.1) is 0 Å². The number of hydrogen-bond acceptors (Lipinski definition) is 6. The molecule has 0 radical (unpaired) electrons. The third kappa shape index (κ3) is 3.66. The smallest absolute Gasteiger partial charge is 0.254 e. The van der Waals surface area contributed by atoms with Crippen molar-refractivity contribution >= 4 is 21.7 Å². The van der Waals surface area contributed by atoms with Gasteiger partial charge >= 0.3 is 0 Å². The summed E-state index contributed by atoms with van der Waals surface area (Å²) >= 11 is 0. The van der Waals surface area contributed by atoms with Gasteiger partial charge in [0.2, 0.25) is 11.6 Å². The van der Waals surface area contributed by atoms with Crippen molar-refractivity contribution in [3.63, 3.8) is 0 Å². The van der Waals surface area contributed by atoms with Crippen molar-refractivity contribution in [3.8, 4) is 0 Å². The van der Waals surface area contributed by atoms with E-state index in [1.165, 1.54) is 6.21 Å². The van der Waals surface area contributed by atoms with Crippen molar-refractivity contribution in [2.45, 2.75) is 26.3 Å². The van der Waals surface area contributed by atoms with Gasteiger partial charge in [-0.3, -0.25) is 10.1 Å². The van der Waals surface area contributed by atoms with Crippen LogP contribution in [0, 0.1) is 37.4 Å². The lowest BCUT2D eigenvalue weighted by atomic mass is 10.2. The number of pyridine rings is 1. The fourth-order valence-corrected chi connectivity index (χ4v) is 4.62. The van der Waals surface area contributed by atoms with Gasteiger partial charge < -0.3 is 0 Å². The van der Waals surface area contributed by atoms with Crippen molar-refractivity contribution in [1.29, 1.82) is 0 Å². The maximum atomic E-state index is 13.6. The number of aryl methyl sites for hydroxylation is 1. The molecule has 1 aliphatic heterocycles. The summed E-state index contributed by atoms with van der Waals surface area (Å²) in [6.45, 7) is 3.35. The Kier molecular flexibility index (Phi) is 4.93. The zero-order valence-electron chi connectivity index (χ0n) is 14.3. The largest absolute Gasteiger partial charge is 0.272 e. The van der Waals surface area contributed by atoms with Gasteiger partial charge in [0.1, 0.15) is 5.69 Å². The molecule has 3 rings (SSSR count). The molecule has 0 aromatic carbocycles. The summed E-state index contributed by atoms with van der Waals surface area (Å²) in [5, 5.41) is 7.92. The molecule has 1 fully saturated rings. The van der Waals surface area contributed by atoms with Crippen molar-refractivity contribution < 1.29 is 26.0 Å². The number of anilines is 1. The second-order valence-electron chi connectivity index (χ2n) is 6.15. The van der Waals surface area contributed by atoms with E-state index in [9.17, 15) is 26.0 Å². The lowest BCUT2D eigenvalue weighted by Crippen LogP contribution is -2.14. The highest BCUT2D eigenvalue weighted by Crippen LogP contribution is 2.26. The zero-order valence-corrected chi connectivity index (χ0v) is 15.1. The number of sulfone groups is 1. The van der Waals surface area contributed by atoms with Crippen molar-refractivity contribution in [2.75, 3.05) is 16.9 Å². The summed E-state index contributed by atoms with van der Waals surface area (Å²) < 4.78 is 78.2. The van der Waals surface area contributed by atoms with Crippen LogP contribution in [0.4, 0.5) is 23.2 Å². The summed E-state index contributed by atoms with van der Waals surface area (Å²) in [6.07, 6.45) is 1.62. The first-order valence-electron chi connectivity index (χ1n) is 7.86. The number of hydrazone groups is 1. The normalized spacial score (nSPS) is 19.1. The molecule has 2 aromatic rings. The van der Waals surface area contributed by atoms with Gasteiger partial charge in [-0.25, -0.2) is 8.42 Å². The number of nitrogens with zero attached hydrogens (tertiary/aromatic N) is 4. The maximum absolute atomic E-state index is 13.6. The van der Waals surface area contributed by atoms with Crippen molar-refractivity contribution in [2.24, 2.45) is 5.10 Å². The van der Waals surface area contributed by atoms with Gasteiger partial charge in [0.25, 0.3) is 11.9 Å². The third-order valence-corrected chi connectivity index (χ3v) is 6.05. The third-order valence-electron chi connectivity index (χ3n) is 4.30. The van der Waals surface area contributed by atoms with E-state index < -0.39 is 39.1 Å². The van der Waals surface area contributed by atoms with Crippen LogP contribution in [-0.4, -0.2) is 40.9 Å². The minimum Gasteiger partial charge on any atom is -0.272 e. The molecule has 7 nitrogen and oxygen atoms in total. The predicted octanol–water partition coefficient (Wildman–Crippen LogP) is 2.26. The van der Waals surface area contributed by atoms with Crippen LogP contribution in [0.2, 0.25) is 0 Å². The SMILES string of the molecule is Cc1nn([C@@H]2CCS(=O)(=O)C2)c(C)c1/C=N\Nc1c(F)c(F)nc(F)c1F. The van der Waals surface area contributed by atoms with Gasteiger partial charge in [0.15, 0.2) is 9.84 Å². The molecule has 12 heteroatoms. The van der Waals surface area contributed by atoms with E-state index in [0.717, 1.165) is 0 Å². The van der Waals surface area contributed by atoms with Crippen LogP contribution < -0.4 is 5.43 Å². The molecule has 1 saturated heterocycles. The first-order valence-corrected chi connectivity index (χ1v) is 9.68. The summed E-state index contributed by atoms with van der Waals surface area (Å²) in [5.74, 6) is -6.93. The first-order chi connectivity index (χ1) is 12.6. The fourth-order valence-electron chi connectivity index (χ4n) is 2.93. The molecule has 3 heterocycles. The Morgan fingerprint density at radius 1 is 1.19 bits per heavy atom. The number of aromatic nitrogens is 3. The summed E-state index contributed by atoms with van der Waals surface area (Å²) in [6, 6.07) is -0.304. The lowest BCUT2D eigenvalue weighted by molar-refractivity contribution is 0.411. The number of rotatable bonds is 4. The number of hydrogen-bond donors (Lipinski definition) is 1. The highest BCUT2D eigenvalue weighted by Gasteiger charge is 2.31.